The highest BCUT2D eigenvalue weighted by Gasteiger charge is 2.24. The van der Waals surface area contributed by atoms with E-state index in [9.17, 15) is 9.90 Å². The average molecular weight is 295 g/mol. The van der Waals surface area contributed by atoms with Crippen molar-refractivity contribution >= 4 is 11.8 Å². The fourth-order valence-corrected chi connectivity index (χ4v) is 1.82. The predicted molar refractivity (Wildman–Crippen MR) is 83.0 cm³/mol. The van der Waals surface area contributed by atoms with Crippen molar-refractivity contribution in [2.75, 3.05) is 19.0 Å². The van der Waals surface area contributed by atoms with Crippen LogP contribution >= 0.6 is 0 Å². The van der Waals surface area contributed by atoms with Gasteiger partial charge in [-0.1, -0.05) is 13.8 Å². The third-order valence-electron chi connectivity index (χ3n) is 2.97. The van der Waals surface area contributed by atoms with E-state index in [1.54, 1.807) is 46.1 Å². The number of hydrogen-bond donors (Lipinski definition) is 2. The Morgan fingerprint density at radius 2 is 1.86 bits per heavy atom. The molecule has 5 heteroatoms. The summed E-state index contributed by atoms with van der Waals surface area (Å²) in [6, 6.07) is 5.29. The van der Waals surface area contributed by atoms with Crippen LogP contribution in [0.25, 0.3) is 0 Å². The number of carbonyl (C=O) groups excluding carboxylic acids is 1. The van der Waals surface area contributed by atoms with Crippen molar-refractivity contribution in [1.29, 1.82) is 0 Å². The number of aliphatic hydroxyl groups is 1. The largest absolute Gasteiger partial charge is 0.496 e. The van der Waals surface area contributed by atoms with E-state index in [2.05, 4.69) is 5.32 Å². The Morgan fingerprint density at radius 1 is 1.24 bits per heavy atom. The van der Waals surface area contributed by atoms with E-state index >= 15 is 0 Å². The van der Waals surface area contributed by atoms with E-state index in [1.807, 2.05) is 13.8 Å². The lowest BCUT2D eigenvalue weighted by molar-refractivity contribution is 0.0636. The molecule has 0 heterocycles. The van der Waals surface area contributed by atoms with Gasteiger partial charge >= 0.3 is 6.09 Å². The monoisotopic (exact) mass is 295 g/mol. The minimum absolute atomic E-state index is 0.0285. The third kappa shape index (κ3) is 4.93. The summed E-state index contributed by atoms with van der Waals surface area (Å²) in [5.41, 5.74) is 0.392. The number of rotatable bonds is 4. The van der Waals surface area contributed by atoms with Crippen LogP contribution in [0.2, 0.25) is 0 Å². The highest BCUT2D eigenvalue weighted by Crippen LogP contribution is 2.33. The van der Waals surface area contributed by atoms with E-state index in [0.717, 1.165) is 5.56 Å². The van der Waals surface area contributed by atoms with Crippen LogP contribution in [0.1, 0.15) is 40.2 Å². The molecule has 2 N–H and O–H groups in total. The second-order valence-electron chi connectivity index (χ2n) is 6.58. The normalized spacial score (nSPS) is 12.0. The molecule has 0 aliphatic heterocycles. The van der Waals surface area contributed by atoms with Crippen LogP contribution in [0.5, 0.6) is 5.75 Å². The first-order valence-electron chi connectivity index (χ1n) is 6.88. The summed E-state index contributed by atoms with van der Waals surface area (Å²) >= 11 is 0. The lowest BCUT2D eigenvalue weighted by Crippen LogP contribution is -2.27. The predicted octanol–water partition coefficient (Wildman–Crippen LogP) is 3.31. The van der Waals surface area contributed by atoms with Crippen LogP contribution in [-0.4, -0.2) is 30.5 Å². The molecule has 5 nitrogen and oxygen atoms in total. The Balaban J connectivity index is 3.01. The Kier molecular flexibility index (Phi) is 5.23. The van der Waals surface area contributed by atoms with Gasteiger partial charge in [-0.05, 0) is 39.0 Å². The maximum Gasteiger partial charge on any atom is 0.412 e. The number of hydrogen-bond acceptors (Lipinski definition) is 4. The molecule has 0 aliphatic rings. The Labute approximate surface area is 126 Å². The standard InChI is InChI=1S/C16H25NO4/c1-15(2,3)21-14(19)17-11-7-8-13(20-6)12(9-11)16(4,5)10-18/h7-9,18H,10H2,1-6H3,(H,17,19). The van der Waals surface area contributed by atoms with Crippen molar-refractivity contribution < 1.29 is 19.4 Å². The highest BCUT2D eigenvalue weighted by molar-refractivity contribution is 5.85. The molecule has 1 aromatic carbocycles. The van der Waals surface area contributed by atoms with Gasteiger partial charge in [0.1, 0.15) is 11.4 Å². The second-order valence-corrected chi connectivity index (χ2v) is 6.58. The van der Waals surface area contributed by atoms with Crippen LogP contribution in [0.15, 0.2) is 18.2 Å². The quantitative estimate of drug-likeness (QED) is 0.894. The van der Waals surface area contributed by atoms with Crippen LogP contribution < -0.4 is 10.1 Å². The van der Waals surface area contributed by atoms with Gasteiger partial charge in [0.2, 0.25) is 0 Å². The van der Waals surface area contributed by atoms with Crippen LogP contribution in [0.3, 0.4) is 0 Å². The minimum atomic E-state index is -0.552. The summed E-state index contributed by atoms with van der Waals surface area (Å²) in [5, 5.41) is 12.2. The number of amides is 1. The first-order chi connectivity index (χ1) is 9.59. The SMILES string of the molecule is COc1ccc(NC(=O)OC(C)(C)C)cc1C(C)(C)CO. The number of carbonyl (C=O) groups is 1. The van der Waals surface area contributed by atoms with Crippen molar-refractivity contribution in [3.8, 4) is 5.75 Å². The molecule has 0 aromatic heterocycles. The van der Waals surface area contributed by atoms with Gasteiger partial charge in [0.05, 0.1) is 13.7 Å². The summed E-state index contributed by atoms with van der Waals surface area (Å²) in [5.74, 6) is 0.670. The molecule has 0 unspecified atom stereocenters. The molecule has 0 bridgehead atoms. The molecule has 0 atom stereocenters. The Bertz CT molecular complexity index is 503. The van der Waals surface area contributed by atoms with Gasteiger partial charge in [0.25, 0.3) is 0 Å². The van der Waals surface area contributed by atoms with E-state index in [1.165, 1.54) is 0 Å². The van der Waals surface area contributed by atoms with E-state index in [-0.39, 0.29) is 6.61 Å². The topological polar surface area (TPSA) is 67.8 Å². The summed E-state index contributed by atoms with van der Waals surface area (Å²) in [6.07, 6.45) is -0.513. The van der Waals surface area contributed by atoms with Crippen molar-refractivity contribution in [3.63, 3.8) is 0 Å². The molecule has 0 saturated carbocycles. The summed E-state index contributed by atoms with van der Waals surface area (Å²) in [6.45, 7) is 9.20. The van der Waals surface area contributed by atoms with Crippen molar-refractivity contribution in [3.05, 3.63) is 23.8 Å². The molecule has 0 aliphatic carbocycles. The molecule has 0 radical (unpaired) electrons. The first-order valence-corrected chi connectivity index (χ1v) is 6.88. The van der Waals surface area contributed by atoms with Crippen LogP contribution in [0, 0.1) is 0 Å². The zero-order valence-electron chi connectivity index (χ0n) is 13.6. The Morgan fingerprint density at radius 3 is 2.33 bits per heavy atom. The molecule has 0 saturated heterocycles. The third-order valence-corrected chi connectivity index (χ3v) is 2.97. The van der Waals surface area contributed by atoms with E-state index < -0.39 is 17.1 Å². The number of anilines is 1. The fraction of sp³-hybridized carbons (Fsp3) is 0.562. The van der Waals surface area contributed by atoms with Gasteiger partial charge in [-0.2, -0.15) is 0 Å². The lowest BCUT2D eigenvalue weighted by atomic mass is 9.84. The minimum Gasteiger partial charge on any atom is -0.496 e. The van der Waals surface area contributed by atoms with Crippen molar-refractivity contribution in [1.82, 2.24) is 0 Å². The molecule has 1 aromatic rings. The average Bonchev–Trinajstić information content (AvgIpc) is 2.36. The molecule has 1 rings (SSSR count). The molecular formula is C16H25NO4. The molecule has 0 fully saturated rings. The first kappa shape index (κ1) is 17.3. The second kappa shape index (κ2) is 6.35. The maximum atomic E-state index is 11.8. The van der Waals surface area contributed by atoms with Crippen molar-refractivity contribution in [2.45, 2.75) is 45.6 Å². The fourth-order valence-electron chi connectivity index (χ4n) is 1.82. The summed E-state index contributed by atoms with van der Waals surface area (Å²) in [7, 11) is 1.58. The number of methoxy groups -OCH3 is 1. The molecule has 21 heavy (non-hydrogen) atoms. The zero-order chi connectivity index (χ0) is 16.3. The van der Waals surface area contributed by atoms with Crippen molar-refractivity contribution in [2.24, 2.45) is 0 Å². The van der Waals surface area contributed by atoms with E-state index in [0.29, 0.717) is 11.4 Å². The maximum absolute atomic E-state index is 11.8. The van der Waals surface area contributed by atoms with Gasteiger partial charge < -0.3 is 14.6 Å². The van der Waals surface area contributed by atoms with Gasteiger partial charge in [0, 0.05) is 16.7 Å². The summed E-state index contributed by atoms with van der Waals surface area (Å²) in [4.78, 5) is 11.8. The zero-order valence-corrected chi connectivity index (χ0v) is 13.6. The number of nitrogens with one attached hydrogen (secondary N) is 1. The van der Waals surface area contributed by atoms with Crippen LogP contribution in [0.4, 0.5) is 10.5 Å². The lowest BCUT2D eigenvalue weighted by Gasteiger charge is -2.25. The molecule has 118 valence electrons. The molecular weight excluding hydrogens is 270 g/mol. The number of aliphatic hydroxyl groups excluding tert-OH is 1. The van der Waals surface area contributed by atoms with Gasteiger partial charge in [0.15, 0.2) is 0 Å². The summed E-state index contributed by atoms with van der Waals surface area (Å²) < 4.78 is 10.5. The number of benzene rings is 1. The smallest absolute Gasteiger partial charge is 0.412 e. The van der Waals surface area contributed by atoms with Crippen LogP contribution in [-0.2, 0) is 10.2 Å². The van der Waals surface area contributed by atoms with E-state index in [4.69, 9.17) is 9.47 Å². The van der Waals surface area contributed by atoms with Gasteiger partial charge in [-0.3, -0.25) is 5.32 Å². The number of ether oxygens (including phenoxy) is 2. The molecule has 0 spiro atoms. The highest BCUT2D eigenvalue weighted by atomic mass is 16.6. The Hall–Kier alpha value is -1.75. The van der Waals surface area contributed by atoms with Gasteiger partial charge in [-0.25, -0.2) is 4.79 Å². The molecule has 1 amide bonds. The van der Waals surface area contributed by atoms with Gasteiger partial charge in [-0.15, -0.1) is 0 Å².